The predicted molar refractivity (Wildman–Crippen MR) is 76.9 cm³/mol. The molecule has 0 unspecified atom stereocenters. The summed E-state index contributed by atoms with van der Waals surface area (Å²) in [6.45, 7) is 12.4. The van der Waals surface area contributed by atoms with Gasteiger partial charge in [0.25, 0.3) is 0 Å². The summed E-state index contributed by atoms with van der Waals surface area (Å²) in [5.41, 5.74) is -0.0275. The fraction of sp³-hybridized carbons (Fsp3) is 0.600. The SMILES string of the molecule is CC(C)C(C)(C)[Si]Oc1ccccc1C(C)(C)O. The van der Waals surface area contributed by atoms with E-state index in [-0.39, 0.29) is 5.04 Å². The summed E-state index contributed by atoms with van der Waals surface area (Å²) in [4.78, 5) is 0. The van der Waals surface area contributed by atoms with E-state index in [4.69, 9.17) is 4.43 Å². The molecule has 1 rings (SSSR count). The fourth-order valence-electron chi connectivity index (χ4n) is 1.37. The third kappa shape index (κ3) is 3.85. The molecule has 1 aromatic carbocycles. The van der Waals surface area contributed by atoms with Gasteiger partial charge in [-0.15, -0.1) is 0 Å². The average Bonchev–Trinajstić information content (AvgIpc) is 2.25. The molecule has 1 aromatic rings. The molecule has 0 amide bonds. The largest absolute Gasteiger partial charge is 0.540 e. The average molecular weight is 264 g/mol. The third-order valence-electron chi connectivity index (χ3n) is 3.41. The van der Waals surface area contributed by atoms with Gasteiger partial charge in [-0.05, 0) is 30.9 Å². The maximum atomic E-state index is 10.1. The summed E-state index contributed by atoms with van der Waals surface area (Å²) in [6.07, 6.45) is 0. The van der Waals surface area contributed by atoms with Gasteiger partial charge in [-0.1, -0.05) is 45.9 Å². The van der Waals surface area contributed by atoms with Crippen LogP contribution in [0.4, 0.5) is 0 Å². The summed E-state index contributed by atoms with van der Waals surface area (Å²) < 4.78 is 5.96. The van der Waals surface area contributed by atoms with Crippen molar-refractivity contribution in [1.29, 1.82) is 0 Å². The van der Waals surface area contributed by atoms with E-state index in [2.05, 4.69) is 27.7 Å². The quantitative estimate of drug-likeness (QED) is 0.820. The minimum absolute atomic E-state index is 0.146. The Morgan fingerprint density at radius 2 is 1.67 bits per heavy atom. The number of hydrogen-bond donors (Lipinski definition) is 1. The van der Waals surface area contributed by atoms with E-state index in [1.165, 1.54) is 0 Å². The molecule has 0 fully saturated rings. The van der Waals surface area contributed by atoms with E-state index in [1.54, 1.807) is 13.8 Å². The minimum atomic E-state index is -0.872. The van der Waals surface area contributed by atoms with Crippen LogP contribution in [-0.4, -0.2) is 14.9 Å². The summed E-state index contributed by atoms with van der Waals surface area (Å²) in [5, 5.41) is 10.3. The third-order valence-corrected chi connectivity index (χ3v) is 4.84. The van der Waals surface area contributed by atoms with E-state index in [1.807, 2.05) is 24.3 Å². The lowest BCUT2D eigenvalue weighted by Crippen LogP contribution is -2.26. The zero-order valence-electron chi connectivity index (χ0n) is 12.2. The molecule has 1 N–H and O–H groups in total. The number of hydrogen-bond acceptors (Lipinski definition) is 2. The first-order valence-electron chi connectivity index (χ1n) is 6.40. The molecule has 3 heteroatoms. The topological polar surface area (TPSA) is 29.5 Å². The predicted octanol–water partition coefficient (Wildman–Crippen LogP) is 3.77. The first kappa shape index (κ1) is 15.3. The maximum Gasteiger partial charge on any atom is 0.317 e. The van der Waals surface area contributed by atoms with E-state index in [0.29, 0.717) is 15.7 Å². The molecule has 0 atom stereocenters. The molecular formula is C15H24O2Si. The van der Waals surface area contributed by atoms with E-state index >= 15 is 0 Å². The second-order valence-corrected chi connectivity index (χ2v) is 7.83. The molecule has 0 aliphatic carbocycles. The molecule has 2 nitrogen and oxygen atoms in total. The molecule has 0 aromatic heterocycles. The Hall–Kier alpha value is -0.803. The van der Waals surface area contributed by atoms with Crippen LogP contribution < -0.4 is 4.43 Å². The molecule has 18 heavy (non-hydrogen) atoms. The van der Waals surface area contributed by atoms with Crippen LogP contribution in [0.2, 0.25) is 5.04 Å². The Morgan fingerprint density at radius 3 is 2.17 bits per heavy atom. The Bertz CT molecular complexity index is 392. The van der Waals surface area contributed by atoms with Gasteiger partial charge in [0.2, 0.25) is 0 Å². The number of aliphatic hydroxyl groups is 1. The second kappa shape index (κ2) is 5.45. The molecule has 0 bridgehead atoms. The van der Waals surface area contributed by atoms with Crippen LogP contribution in [0.25, 0.3) is 0 Å². The van der Waals surface area contributed by atoms with Gasteiger partial charge in [0.05, 0.1) is 5.60 Å². The van der Waals surface area contributed by atoms with Crippen LogP contribution in [0.1, 0.15) is 47.1 Å². The lowest BCUT2D eigenvalue weighted by Gasteiger charge is -2.28. The monoisotopic (exact) mass is 264 g/mol. The van der Waals surface area contributed by atoms with Crippen molar-refractivity contribution in [2.45, 2.75) is 52.2 Å². The fourth-order valence-corrected chi connectivity index (χ4v) is 2.15. The summed E-state index contributed by atoms with van der Waals surface area (Å²) in [6, 6.07) is 7.72. The molecule has 0 saturated carbocycles. The van der Waals surface area contributed by atoms with Crippen LogP contribution in [0.3, 0.4) is 0 Å². The molecule has 0 heterocycles. The van der Waals surface area contributed by atoms with Gasteiger partial charge in [0, 0.05) is 5.56 Å². The van der Waals surface area contributed by atoms with Crippen molar-refractivity contribution in [2.75, 3.05) is 0 Å². The van der Waals surface area contributed by atoms with Gasteiger partial charge in [-0.3, -0.25) is 0 Å². The maximum absolute atomic E-state index is 10.1. The Labute approximate surface area is 113 Å². The number of para-hydroxylation sites is 1. The van der Waals surface area contributed by atoms with Gasteiger partial charge in [-0.2, -0.15) is 0 Å². The molecule has 0 aliphatic heterocycles. The van der Waals surface area contributed by atoms with Crippen LogP contribution in [0.5, 0.6) is 5.75 Å². The first-order chi connectivity index (χ1) is 8.14. The van der Waals surface area contributed by atoms with Crippen LogP contribution in [-0.2, 0) is 5.60 Å². The zero-order chi connectivity index (χ0) is 14.0. The Balaban J connectivity index is 2.86. The molecule has 2 radical (unpaired) electrons. The highest BCUT2D eigenvalue weighted by molar-refractivity contribution is 6.33. The minimum Gasteiger partial charge on any atom is -0.540 e. The van der Waals surface area contributed by atoms with Crippen LogP contribution in [0.15, 0.2) is 24.3 Å². The van der Waals surface area contributed by atoms with Crippen LogP contribution in [0, 0.1) is 5.92 Å². The van der Waals surface area contributed by atoms with Crippen molar-refractivity contribution in [2.24, 2.45) is 5.92 Å². The summed E-state index contributed by atoms with van der Waals surface area (Å²) in [5.74, 6) is 1.35. The Morgan fingerprint density at radius 1 is 1.11 bits per heavy atom. The van der Waals surface area contributed by atoms with Crippen molar-refractivity contribution < 1.29 is 9.53 Å². The highest BCUT2D eigenvalue weighted by atomic mass is 28.2. The van der Waals surface area contributed by atoms with Gasteiger partial charge in [0.15, 0.2) is 0 Å². The molecule has 0 aliphatic rings. The highest BCUT2D eigenvalue weighted by Crippen LogP contribution is 2.35. The highest BCUT2D eigenvalue weighted by Gasteiger charge is 2.28. The van der Waals surface area contributed by atoms with E-state index in [9.17, 15) is 5.11 Å². The summed E-state index contributed by atoms with van der Waals surface area (Å²) in [7, 11) is 0.381. The standard InChI is InChI=1S/C15H24O2Si/c1-11(2)15(5,6)18-17-13-10-8-7-9-12(13)14(3,4)16/h7-11,16H,1-6H3. The first-order valence-corrected chi connectivity index (χ1v) is 7.31. The Kier molecular flexibility index (Phi) is 4.62. The van der Waals surface area contributed by atoms with Gasteiger partial charge < -0.3 is 9.53 Å². The molecule has 0 spiro atoms. The van der Waals surface area contributed by atoms with Gasteiger partial charge in [-0.25, -0.2) is 0 Å². The second-order valence-electron chi connectivity index (χ2n) is 6.14. The normalized spacial score (nSPS) is 12.9. The van der Waals surface area contributed by atoms with Crippen molar-refractivity contribution in [3.8, 4) is 5.75 Å². The molecule has 100 valence electrons. The van der Waals surface area contributed by atoms with Crippen molar-refractivity contribution in [3.05, 3.63) is 29.8 Å². The van der Waals surface area contributed by atoms with Gasteiger partial charge in [0.1, 0.15) is 5.75 Å². The lowest BCUT2D eigenvalue weighted by atomic mass is 9.98. The van der Waals surface area contributed by atoms with Gasteiger partial charge >= 0.3 is 9.76 Å². The number of benzene rings is 1. The van der Waals surface area contributed by atoms with Crippen molar-refractivity contribution >= 4 is 9.76 Å². The van der Waals surface area contributed by atoms with Crippen LogP contribution >= 0.6 is 0 Å². The lowest BCUT2D eigenvalue weighted by molar-refractivity contribution is 0.0768. The van der Waals surface area contributed by atoms with Crippen molar-refractivity contribution in [1.82, 2.24) is 0 Å². The molecule has 0 saturated heterocycles. The van der Waals surface area contributed by atoms with E-state index < -0.39 is 5.60 Å². The van der Waals surface area contributed by atoms with E-state index in [0.717, 1.165) is 11.3 Å². The van der Waals surface area contributed by atoms with Crippen molar-refractivity contribution in [3.63, 3.8) is 0 Å². The number of rotatable bonds is 5. The smallest absolute Gasteiger partial charge is 0.317 e. The summed E-state index contributed by atoms with van der Waals surface area (Å²) >= 11 is 0. The molecular weight excluding hydrogens is 240 g/mol. The zero-order valence-corrected chi connectivity index (χ0v) is 13.2.